The van der Waals surface area contributed by atoms with Crippen molar-refractivity contribution in [3.05, 3.63) is 24.3 Å². The van der Waals surface area contributed by atoms with E-state index in [0.717, 1.165) is 44.7 Å². The predicted octanol–water partition coefficient (Wildman–Crippen LogP) is 2.33. The summed E-state index contributed by atoms with van der Waals surface area (Å²) in [4.78, 5) is 19.3. The Labute approximate surface area is 185 Å². The summed E-state index contributed by atoms with van der Waals surface area (Å²) in [6.45, 7) is 4.88. The third kappa shape index (κ3) is 4.64. The van der Waals surface area contributed by atoms with Gasteiger partial charge in [-0.3, -0.25) is 0 Å². The van der Waals surface area contributed by atoms with Crippen molar-refractivity contribution in [2.24, 2.45) is 11.8 Å². The van der Waals surface area contributed by atoms with E-state index in [1.807, 2.05) is 4.90 Å². The third-order valence-electron chi connectivity index (χ3n) is 7.63. The second kappa shape index (κ2) is 8.52. The molecule has 0 spiro atoms. The number of amides is 2. The van der Waals surface area contributed by atoms with Gasteiger partial charge in [0.15, 0.2) is 9.84 Å². The molecule has 0 bridgehead atoms. The average Bonchev–Trinajstić information content (AvgIpc) is 3.34. The van der Waals surface area contributed by atoms with E-state index >= 15 is 0 Å². The van der Waals surface area contributed by atoms with Crippen LogP contribution in [0.2, 0.25) is 0 Å². The van der Waals surface area contributed by atoms with Crippen LogP contribution in [0, 0.1) is 11.8 Å². The van der Waals surface area contributed by atoms with Crippen LogP contribution in [0.4, 0.5) is 16.2 Å². The predicted molar refractivity (Wildman–Crippen MR) is 123 cm³/mol. The van der Waals surface area contributed by atoms with Gasteiger partial charge in [-0.2, -0.15) is 0 Å². The Kier molecular flexibility index (Phi) is 5.75. The number of rotatable bonds is 3. The van der Waals surface area contributed by atoms with E-state index in [1.54, 1.807) is 0 Å². The van der Waals surface area contributed by atoms with Gasteiger partial charge in [0.2, 0.25) is 0 Å². The highest BCUT2D eigenvalue weighted by molar-refractivity contribution is 7.91. The van der Waals surface area contributed by atoms with Gasteiger partial charge in [0, 0.05) is 68.5 Å². The van der Waals surface area contributed by atoms with E-state index in [1.165, 1.54) is 24.9 Å². The lowest BCUT2D eigenvalue weighted by molar-refractivity contribution is 0.197. The van der Waals surface area contributed by atoms with Crippen LogP contribution < -0.4 is 15.1 Å². The van der Waals surface area contributed by atoms with E-state index in [9.17, 15) is 13.2 Å². The molecule has 4 fully saturated rings. The van der Waals surface area contributed by atoms with Crippen molar-refractivity contribution in [1.82, 2.24) is 10.2 Å². The molecule has 1 saturated carbocycles. The molecule has 1 aliphatic carbocycles. The Morgan fingerprint density at radius 3 is 1.94 bits per heavy atom. The monoisotopic (exact) mass is 446 g/mol. The maximum atomic E-state index is 12.7. The summed E-state index contributed by atoms with van der Waals surface area (Å²) < 4.78 is 23.3. The van der Waals surface area contributed by atoms with Crippen molar-refractivity contribution >= 4 is 27.2 Å². The highest BCUT2D eigenvalue weighted by Gasteiger charge is 2.42. The first-order chi connectivity index (χ1) is 15.0. The van der Waals surface area contributed by atoms with Gasteiger partial charge in [-0.15, -0.1) is 0 Å². The minimum absolute atomic E-state index is 0.140. The number of likely N-dealkylation sites (tertiary alicyclic amines) is 1. The summed E-state index contributed by atoms with van der Waals surface area (Å²) in [5.41, 5.74) is 2.32. The summed E-state index contributed by atoms with van der Waals surface area (Å²) in [6.07, 6.45) is 6.03. The van der Waals surface area contributed by atoms with Gasteiger partial charge in [-0.05, 0) is 37.1 Å². The van der Waals surface area contributed by atoms with Gasteiger partial charge < -0.3 is 20.0 Å². The minimum atomic E-state index is -2.86. The van der Waals surface area contributed by atoms with Crippen LogP contribution in [-0.2, 0) is 9.84 Å². The Morgan fingerprint density at radius 1 is 0.806 bits per heavy atom. The number of nitrogens with one attached hydrogen (secondary N) is 1. The van der Waals surface area contributed by atoms with Crippen LogP contribution in [-0.4, -0.2) is 76.2 Å². The van der Waals surface area contributed by atoms with Crippen LogP contribution in [0.5, 0.6) is 0 Å². The zero-order valence-corrected chi connectivity index (χ0v) is 19.0. The molecule has 7 nitrogen and oxygen atoms in total. The molecule has 1 aromatic rings. The number of carbonyl (C=O) groups excluding carboxylic acids is 1. The normalized spacial score (nSPS) is 28.6. The fourth-order valence-electron chi connectivity index (χ4n) is 5.73. The van der Waals surface area contributed by atoms with Crippen molar-refractivity contribution in [1.29, 1.82) is 0 Å². The van der Waals surface area contributed by atoms with Gasteiger partial charge in [-0.1, -0.05) is 19.3 Å². The molecule has 0 aromatic heterocycles. The minimum Gasteiger partial charge on any atom is -0.371 e. The third-order valence-corrected chi connectivity index (χ3v) is 9.24. The summed E-state index contributed by atoms with van der Waals surface area (Å²) in [5.74, 6) is 1.58. The molecule has 31 heavy (non-hydrogen) atoms. The molecule has 2 atom stereocenters. The topological polar surface area (TPSA) is 73.0 Å². The van der Waals surface area contributed by atoms with E-state index in [-0.39, 0.29) is 17.5 Å². The standard InChI is InChI=1S/C23H34N4O3S/c28-23(24-20-4-2-1-3-5-20)27-16-18-14-26(15-19(18)17-27)22-8-6-21(7-9-22)25-10-12-31(29,30)13-11-25/h6-9,18-20H,1-5,10-17H2,(H,24,28). The number of fused-ring (bicyclic) bond motifs is 1. The van der Waals surface area contributed by atoms with Crippen LogP contribution in [0.3, 0.4) is 0 Å². The number of benzene rings is 1. The molecule has 2 unspecified atom stereocenters. The van der Waals surface area contributed by atoms with Crippen LogP contribution >= 0.6 is 0 Å². The van der Waals surface area contributed by atoms with Crippen molar-refractivity contribution in [2.75, 3.05) is 60.6 Å². The summed E-state index contributed by atoms with van der Waals surface area (Å²) in [7, 11) is -2.86. The summed E-state index contributed by atoms with van der Waals surface area (Å²) in [6, 6.07) is 9.06. The average molecular weight is 447 g/mol. The molecule has 5 rings (SSSR count). The Morgan fingerprint density at radius 2 is 1.35 bits per heavy atom. The molecule has 3 heterocycles. The number of anilines is 2. The van der Waals surface area contributed by atoms with E-state index in [4.69, 9.17) is 0 Å². The first kappa shape index (κ1) is 20.9. The van der Waals surface area contributed by atoms with Gasteiger partial charge in [0.1, 0.15) is 0 Å². The van der Waals surface area contributed by atoms with Gasteiger partial charge >= 0.3 is 6.03 Å². The lowest BCUT2D eigenvalue weighted by Gasteiger charge is -2.29. The SMILES string of the molecule is O=C(NC1CCCCC1)N1CC2CN(c3ccc(N4CCS(=O)(=O)CC4)cc3)CC2C1. The van der Waals surface area contributed by atoms with Crippen molar-refractivity contribution < 1.29 is 13.2 Å². The van der Waals surface area contributed by atoms with Crippen LogP contribution in [0.15, 0.2) is 24.3 Å². The molecule has 4 aliphatic rings. The molecular formula is C23H34N4O3S. The lowest BCUT2D eigenvalue weighted by atomic mass is 9.96. The maximum absolute atomic E-state index is 12.7. The molecule has 0 radical (unpaired) electrons. The second-order valence-electron chi connectivity index (χ2n) is 9.77. The van der Waals surface area contributed by atoms with E-state index in [2.05, 4.69) is 39.4 Å². The maximum Gasteiger partial charge on any atom is 0.317 e. The number of urea groups is 1. The van der Waals surface area contributed by atoms with Crippen LogP contribution in [0.25, 0.3) is 0 Å². The van der Waals surface area contributed by atoms with Crippen molar-refractivity contribution in [2.45, 2.75) is 38.1 Å². The van der Waals surface area contributed by atoms with Gasteiger partial charge in [0.05, 0.1) is 11.5 Å². The molecule has 2 amide bonds. The second-order valence-corrected chi connectivity index (χ2v) is 12.1. The Bertz CT molecular complexity index is 870. The zero-order valence-electron chi connectivity index (χ0n) is 18.2. The molecule has 3 aliphatic heterocycles. The van der Waals surface area contributed by atoms with Gasteiger partial charge in [-0.25, -0.2) is 13.2 Å². The molecule has 1 aromatic carbocycles. The number of sulfone groups is 1. The van der Waals surface area contributed by atoms with Crippen LogP contribution in [0.1, 0.15) is 32.1 Å². The quantitative estimate of drug-likeness (QED) is 0.772. The number of hydrogen-bond donors (Lipinski definition) is 1. The largest absolute Gasteiger partial charge is 0.371 e. The number of nitrogens with zero attached hydrogens (tertiary/aromatic N) is 3. The zero-order chi connectivity index (χ0) is 21.4. The number of carbonyl (C=O) groups is 1. The smallest absolute Gasteiger partial charge is 0.317 e. The molecule has 8 heteroatoms. The fourth-order valence-corrected chi connectivity index (χ4v) is 6.93. The van der Waals surface area contributed by atoms with Crippen molar-refractivity contribution in [3.8, 4) is 0 Å². The molecule has 1 N–H and O–H groups in total. The Hall–Kier alpha value is -1.96. The highest BCUT2D eigenvalue weighted by atomic mass is 32.2. The number of hydrogen-bond acceptors (Lipinski definition) is 5. The summed E-state index contributed by atoms with van der Waals surface area (Å²) in [5, 5.41) is 3.27. The summed E-state index contributed by atoms with van der Waals surface area (Å²) >= 11 is 0. The highest BCUT2D eigenvalue weighted by Crippen LogP contribution is 2.35. The first-order valence-corrected chi connectivity index (χ1v) is 13.6. The lowest BCUT2D eigenvalue weighted by Crippen LogP contribution is -2.45. The first-order valence-electron chi connectivity index (χ1n) is 11.8. The van der Waals surface area contributed by atoms with Crippen molar-refractivity contribution in [3.63, 3.8) is 0 Å². The Balaban J connectivity index is 1.13. The van der Waals surface area contributed by atoms with E-state index in [0.29, 0.717) is 31.0 Å². The molecule has 3 saturated heterocycles. The molecular weight excluding hydrogens is 412 g/mol. The van der Waals surface area contributed by atoms with E-state index < -0.39 is 9.84 Å². The van der Waals surface area contributed by atoms with Gasteiger partial charge in [0.25, 0.3) is 0 Å². The fraction of sp³-hybridized carbons (Fsp3) is 0.696. The molecule has 170 valence electrons.